The molecular weight excluding hydrogens is 376 g/mol. The Hall–Kier alpha value is -1.90. The minimum absolute atomic E-state index is 0.0327. The van der Waals surface area contributed by atoms with Gasteiger partial charge in [0.2, 0.25) is 10.0 Å². The molecule has 2 aromatic rings. The number of sulfonamides is 1. The predicted octanol–water partition coefficient (Wildman–Crippen LogP) is 2.89. The molecule has 1 fully saturated rings. The smallest absolute Gasteiger partial charge is 0.256 e. The van der Waals surface area contributed by atoms with Gasteiger partial charge in [0, 0.05) is 38.0 Å². The first-order chi connectivity index (χ1) is 12.4. The Morgan fingerprint density at radius 2 is 1.85 bits per heavy atom. The van der Waals surface area contributed by atoms with Crippen molar-refractivity contribution < 1.29 is 13.2 Å². The van der Waals surface area contributed by atoms with Crippen molar-refractivity contribution in [1.82, 2.24) is 14.1 Å². The van der Waals surface area contributed by atoms with E-state index in [-0.39, 0.29) is 15.5 Å². The number of rotatable bonds is 4. The van der Waals surface area contributed by atoms with E-state index in [1.807, 2.05) is 0 Å². The minimum atomic E-state index is -3.74. The standard InChI is InChI=1S/C17H21ClN4O3S/c1-21-11-8-16(20-21)19-17(23)13-6-7-14(18)15(12-13)26(24,25)22-9-4-2-3-5-10-22/h6-8,11-12H,2-5,9-10H2,1H3,(H,19,20,23). The monoisotopic (exact) mass is 396 g/mol. The van der Waals surface area contributed by atoms with Gasteiger partial charge in [0.05, 0.1) is 5.02 Å². The van der Waals surface area contributed by atoms with Gasteiger partial charge in [0.15, 0.2) is 5.82 Å². The van der Waals surface area contributed by atoms with Gasteiger partial charge in [-0.25, -0.2) is 8.42 Å². The lowest BCUT2D eigenvalue weighted by Gasteiger charge is -2.21. The highest BCUT2D eigenvalue weighted by Gasteiger charge is 2.28. The first kappa shape index (κ1) is 18.9. The zero-order valence-corrected chi connectivity index (χ0v) is 16.1. The molecule has 3 rings (SSSR count). The first-order valence-electron chi connectivity index (χ1n) is 8.48. The minimum Gasteiger partial charge on any atom is -0.305 e. The predicted molar refractivity (Wildman–Crippen MR) is 99.8 cm³/mol. The lowest BCUT2D eigenvalue weighted by atomic mass is 10.2. The number of carbonyl (C=O) groups is 1. The largest absolute Gasteiger partial charge is 0.305 e. The lowest BCUT2D eigenvalue weighted by Crippen LogP contribution is -2.32. The molecule has 0 saturated carbocycles. The van der Waals surface area contributed by atoms with Crippen molar-refractivity contribution in [3.63, 3.8) is 0 Å². The number of hydrogen-bond acceptors (Lipinski definition) is 4. The fourth-order valence-electron chi connectivity index (χ4n) is 2.93. The molecule has 1 aromatic heterocycles. The normalized spacial score (nSPS) is 16.2. The maximum absolute atomic E-state index is 13.0. The Morgan fingerprint density at radius 1 is 1.15 bits per heavy atom. The molecule has 1 saturated heterocycles. The van der Waals surface area contributed by atoms with E-state index in [0.717, 1.165) is 25.7 Å². The van der Waals surface area contributed by atoms with E-state index in [0.29, 0.717) is 18.9 Å². The van der Waals surface area contributed by atoms with Crippen LogP contribution in [0, 0.1) is 0 Å². The van der Waals surface area contributed by atoms with Gasteiger partial charge >= 0.3 is 0 Å². The zero-order valence-electron chi connectivity index (χ0n) is 14.5. The van der Waals surface area contributed by atoms with Gasteiger partial charge in [-0.2, -0.15) is 9.40 Å². The Balaban J connectivity index is 1.88. The van der Waals surface area contributed by atoms with Gasteiger partial charge in [-0.1, -0.05) is 24.4 Å². The highest BCUT2D eigenvalue weighted by molar-refractivity contribution is 7.89. The van der Waals surface area contributed by atoms with E-state index in [1.165, 1.54) is 22.5 Å². The number of anilines is 1. The Morgan fingerprint density at radius 3 is 2.46 bits per heavy atom. The fourth-order valence-corrected chi connectivity index (χ4v) is 4.95. The summed E-state index contributed by atoms with van der Waals surface area (Å²) in [5.41, 5.74) is 0.216. The van der Waals surface area contributed by atoms with Gasteiger partial charge < -0.3 is 5.32 Å². The van der Waals surface area contributed by atoms with Crippen LogP contribution in [0.4, 0.5) is 5.82 Å². The second-order valence-electron chi connectivity index (χ2n) is 6.29. The number of benzene rings is 1. The number of amides is 1. The highest BCUT2D eigenvalue weighted by Crippen LogP contribution is 2.28. The summed E-state index contributed by atoms with van der Waals surface area (Å²) in [6.07, 6.45) is 5.40. The summed E-state index contributed by atoms with van der Waals surface area (Å²) in [6, 6.07) is 5.94. The molecule has 1 N–H and O–H groups in total. The molecule has 0 atom stereocenters. The van der Waals surface area contributed by atoms with Crippen LogP contribution in [0.2, 0.25) is 5.02 Å². The molecule has 0 bridgehead atoms. The average molecular weight is 397 g/mol. The van der Waals surface area contributed by atoms with Crippen LogP contribution in [0.1, 0.15) is 36.0 Å². The molecule has 0 spiro atoms. The van der Waals surface area contributed by atoms with E-state index < -0.39 is 15.9 Å². The van der Waals surface area contributed by atoms with E-state index in [9.17, 15) is 13.2 Å². The van der Waals surface area contributed by atoms with E-state index in [1.54, 1.807) is 24.0 Å². The summed E-state index contributed by atoms with van der Waals surface area (Å²) >= 11 is 6.16. The van der Waals surface area contributed by atoms with Gasteiger partial charge in [-0.3, -0.25) is 9.48 Å². The van der Waals surface area contributed by atoms with Crippen molar-refractivity contribution >= 4 is 33.3 Å². The van der Waals surface area contributed by atoms with Crippen molar-refractivity contribution in [3.8, 4) is 0 Å². The van der Waals surface area contributed by atoms with Crippen molar-refractivity contribution in [2.24, 2.45) is 7.05 Å². The quantitative estimate of drug-likeness (QED) is 0.861. The molecule has 0 radical (unpaired) electrons. The molecule has 1 aliphatic rings. The van der Waals surface area contributed by atoms with Crippen LogP contribution >= 0.6 is 11.6 Å². The van der Waals surface area contributed by atoms with Crippen molar-refractivity contribution in [2.75, 3.05) is 18.4 Å². The molecule has 0 aliphatic carbocycles. The Kier molecular flexibility index (Phi) is 5.64. The van der Waals surface area contributed by atoms with Crippen molar-refractivity contribution in [1.29, 1.82) is 0 Å². The molecule has 140 valence electrons. The molecule has 26 heavy (non-hydrogen) atoms. The van der Waals surface area contributed by atoms with Crippen LogP contribution < -0.4 is 5.32 Å². The van der Waals surface area contributed by atoms with Crippen LogP contribution in [0.3, 0.4) is 0 Å². The highest BCUT2D eigenvalue weighted by atomic mass is 35.5. The summed E-state index contributed by atoms with van der Waals surface area (Å²) in [7, 11) is -2.00. The summed E-state index contributed by atoms with van der Waals surface area (Å²) in [5.74, 6) is -0.0444. The second kappa shape index (κ2) is 7.77. The van der Waals surface area contributed by atoms with Gasteiger partial charge in [-0.05, 0) is 31.0 Å². The number of aromatic nitrogens is 2. The third kappa shape index (κ3) is 4.08. The summed E-state index contributed by atoms with van der Waals surface area (Å²) < 4.78 is 29.0. The average Bonchev–Trinajstić information content (AvgIpc) is 2.85. The van der Waals surface area contributed by atoms with Crippen LogP contribution in [-0.2, 0) is 17.1 Å². The molecule has 9 heteroatoms. The van der Waals surface area contributed by atoms with Crippen LogP contribution in [0.5, 0.6) is 0 Å². The fraction of sp³-hybridized carbons (Fsp3) is 0.412. The number of nitrogens with zero attached hydrogens (tertiary/aromatic N) is 3. The number of nitrogens with one attached hydrogen (secondary N) is 1. The molecular formula is C17H21ClN4O3S. The van der Waals surface area contributed by atoms with E-state index in [4.69, 9.17) is 11.6 Å². The van der Waals surface area contributed by atoms with Crippen LogP contribution in [-0.4, -0.2) is 41.5 Å². The van der Waals surface area contributed by atoms with Crippen molar-refractivity contribution in [3.05, 3.63) is 41.0 Å². The zero-order chi connectivity index (χ0) is 18.7. The second-order valence-corrected chi connectivity index (χ2v) is 8.61. The van der Waals surface area contributed by atoms with Gasteiger partial charge in [0.25, 0.3) is 5.91 Å². The molecule has 0 unspecified atom stereocenters. The van der Waals surface area contributed by atoms with Crippen molar-refractivity contribution in [2.45, 2.75) is 30.6 Å². The maximum Gasteiger partial charge on any atom is 0.256 e. The first-order valence-corrected chi connectivity index (χ1v) is 10.3. The summed E-state index contributed by atoms with van der Waals surface area (Å²) in [5, 5.41) is 6.84. The number of halogens is 1. The van der Waals surface area contributed by atoms with Gasteiger partial charge in [-0.15, -0.1) is 0 Å². The molecule has 2 heterocycles. The molecule has 1 aliphatic heterocycles. The van der Waals surface area contributed by atoms with E-state index in [2.05, 4.69) is 10.4 Å². The molecule has 1 amide bonds. The lowest BCUT2D eigenvalue weighted by molar-refractivity contribution is 0.102. The third-order valence-electron chi connectivity index (χ3n) is 4.33. The van der Waals surface area contributed by atoms with E-state index >= 15 is 0 Å². The van der Waals surface area contributed by atoms with Crippen LogP contribution in [0.15, 0.2) is 35.4 Å². The molecule has 1 aromatic carbocycles. The van der Waals surface area contributed by atoms with Crippen LogP contribution in [0.25, 0.3) is 0 Å². The summed E-state index contributed by atoms with van der Waals surface area (Å²) in [4.78, 5) is 12.4. The SMILES string of the molecule is Cn1ccc(NC(=O)c2ccc(Cl)c(S(=O)(=O)N3CCCCCC3)c2)n1. The topological polar surface area (TPSA) is 84.3 Å². The number of aryl methyl sites for hydroxylation is 1. The number of hydrogen-bond donors (Lipinski definition) is 1. The maximum atomic E-state index is 13.0. The Bertz CT molecular complexity index is 902. The third-order valence-corrected chi connectivity index (χ3v) is 6.71. The van der Waals surface area contributed by atoms with Gasteiger partial charge in [0.1, 0.15) is 4.90 Å². The molecule has 7 nitrogen and oxygen atoms in total. The number of carbonyl (C=O) groups excluding carboxylic acids is 1. The summed E-state index contributed by atoms with van der Waals surface area (Å²) in [6.45, 7) is 0.950. The Labute approximate surface area is 158 Å².